The van der Waals surface area contributed by atoms with Crippen molar-refractivity contribution in [2.75, 3.05) is 59.5 Å². The van der Waals surface area contributed by atoms with Gasteiger partial charge < -0.3 is 304 Å². The molecular weight excluding hydrogens is 1890 g/mol. The first kappa shape index (κ1) is 112. The van der Waals surface area contributed by atoms with E-state index in [4.69, 9.17) is 105 Å². The van der Waals surface area contributed by atoms with Crippen molar-refractivity contribution in [3.05, 3.63) is 0 Å². The molecule has 0 spiro atoms. The largest absolute Gasteiger partial charge is 0.479 e. The third-order valence-corrected chi connectivity index (χ3v) is 24.8. The van der Waals surface area contributed by atoms with Crippen LogP contribution in [0.5, 0.6) is 0 Å². The molecule has 64 nitrogen and oxygen atoms in total. The molecule has 11 heterocycles. The SMILES string of the molecule is N[C@H]1[C@@H](O[C@@H]2[C@H](O)[C@@H](O[C@H]3O[C@H]([C@H](O)CO)[C@@H](O)[C@H](O)[C@@H]3O)[C@H](O[C@@H]3[C@H](O)[C@@H](OC[C@H](O)[C@H]4O[C@H](O[C@@H]5[C@H](O)[C@@H](O[C@@H]6[C@@H]([C@H](O)CO)O[C@@](O)(C(=O)O)C[C@H]6O)O[C@H]([C@@H](O)CO)[C@H]5O[C@@H]5O[C@H](CO)[C@@H](O)[C@H](O)[C@H]5O)[C@@H](O)[C@@H](O)[C@@H]4O)O[C@H]([C@H](O)CO[C@@H]4O[C@H](C(=O)O)[C@H](O)[C@H](O)[C@H]4O)[C@H]3O)O[C@@H]2C(=O)O)O[C@H](CO)[C@@H](O[C@H]2O[C@H](CO[C@H]3O[C@H](CO)[C@@H](O)[C@H](O)[C@H]3O)[C@@H](O)[C@H](O)[C@H]2O)[C@@H]1O. The van der Waals surface area contributed by atoms with Gasteiger partial charge in [-0.2, -0.15) is 0 Å². The molecule has 0 radical (unpaired) electrons. The number of carboxylic acids is 3. The normalized spacial score (nSPS) is 50.6. The summed E-state index contributed by atoms with van der Waals surface area (Å²) >= 11 is 0. The second kappa shape index (κ2) is 47.5. The second-order valence-corrected chi connectivity index (χ2v) is 34.0. The number of nitrogens with two attached hydrogens (primary N) is 1. The first-order valence-electron chi connectivity index (χ1n) is 42.2. The van der Waals surface area contributed by atoms with Crippen LogP contribution in [0, 0.1) is 0 Å². The van der Waals surface area contributed by atoms with Crippen molar-refractivity contribution in [1.82, 2.24) is 0 Å². The Morgan fingerprint density at radius 1 is 0.287 bits per heavy atom. The molecule has 0 unspecified atom stereocenters. The summed E-state index contributed by atoms with van der Waals surface area (Å²) in [5, 5.41) is 429. The number of rotatable bonds is 37. The van der Waals surface area contributed by atoms with Crippen LogP contribution in [0.1, 0.15) is 6.42 Å². The summed E-state index contributed by atoms with van der Waals surface area (Å²) in [6.07, 6.45) is -138. The van der Waals surface area contributed by atoms with E-state index in [2.05, 4.69) is 0 Å². The number of aliphatic hydroxyl groups excluding tert-OH is 35. The molecule has 59 atom stereocenters. The molecule has 0 aromatic carbocycles. The third kappa shape index (κ3) is 23.6. The van der Waals surface area contributed by atoms with E-state index in [9.17, 15) is 214 Å². The Morgan fingerprint density at radius 2 is 0.632 bits per heavy atom. The molecule has 11 aliphatic rings. The predicted octanol–water partition coefficient (Wildman–Crippen LogP) is -27.5. The maximum absolute atomic E-state index is 13.7. The zero-order valence-electron chi connectivity index (χ0n) is 70.4. The zero-order chi connectivity index (χ0) is 101. The Balaban J connectivity index is 0.887. The highest BCUT2D eigenvalue weighted by molar-refractivity contribution is 5.75. The number of carbonyl (C=O) groups is 3. The first-order chi connectivity index (χ1) is 64.0. The van der Waals surface area contributed by atoms with Gasteiger partial charge in [0.05, 0.1) is 71.6 Å². The van der Waals surface area contributed by atoms with Crippen molar-refractivity contribution in [2.24, 2.45) is 5.73 Å². The van der Waals surface area contributed by atoms with Gasteiger partial charge in [-0.25, -0.2) is 14.4 Å². The molecule has 0 amide bonds. The summed E-state index contributed by atoms with van der Waals surface area (Å²) in [6, 6.07) is -2.17. The van der Waals surface area contributed by atoms with E-state index in [0.717, 1.165) is 0 Å². The van der Waals surface area contributed by atoms with Gasteiger partial charge in [0.15, 0.2) is 75.1 Å². The summed E-state index contributed by atoms with van der Waals surface area (Å²) < 4.78 is 119. The zero-order valence-corrected chi connectivity index (χ0v) is 70.4. The van der Waals surface area contributed by atoms with E-state index < -0.39 is 445 Å². The standard InChI is InChI=1S/C72H119NO63/c73-21-25(89)51(128-66-38(102)28(92)24(88)20(122-66)10-118-62-35(99)26(90)22(86)17(5-77)119-62)19(7-79)121-61(21)130-53-42(106)56(133-68-40(104)29(93)32(96)45(124-68)12(81)2-74)70(135-58(53)60(111)112)129-52-41(105)47(16(85)9-116-63-36(100)31(95)34(98)55(132-63)59(109)110)123-64(43(52)107)117-8-15(84)46-33(97)30(94)39(103)67(125-46)131-54-44(108)69(126-48-11(80)1-72(115,71(113)114)136-50(48)14(83)4-76)127-49(13(82)3-75)57(54)134-65-37(101)27(91)23(87)18(6-78)120-65/h11-58,61-70,74-108,115H,1-10,73H2,(H,109,110)(H,111,112)(H,113,114)/t11-,12-,13+,14-,15+,16-,17-,18-,19-,20-,21-,22-,23-,24-,25-,26+,27+,28+,29+,30+,31+,32+,33+,34-,35-,36-,37-,38-,39+,40+,41-,42+,43+,44+,45-,46-,47-,48+,49-,50-,51-,52+,53-,54-,55+,56-,57-,58+,61-,62+,63-,64+,65+,66-,67-,68-,69+,70-,72-/m1/s1. The van der Waals surface area contributed by atoms with Crippen molar-refractivity contribution in [3.63, 3.8) is 0 Å². The van der Waals surface area contributed by atoms with Crippen LogP contribution in [0.2, 0.25) is 0 Å². The van der Waals surface area contributed by atoms with Crippen LogP contribution in [-0.4, -0.2) is 638 Å². The van der Waals surface area contributed by atoms with Gasteiger partial charge in [0.2, 0.25) is 0 Å². The van der Waals surface area contributed by atoms with Crippen molar-refractivity contribution < 1.29 is 313 Å². The predicted molar refractivity (Wildman–Crippen MR) is 401 cm³/mol. The number of aliphatic carboxylic acids is 3. The minimum Gasteiger partial charge on any atom is -0.479 e. The molecular formula is C72H119NO63. The van der Waals surface area contributed by atoms with E-state index in [1.165, 1.54) is 0 Å². The van der Waals surface area contributed by atoms with E-state index in [1.807, 2.05) is 0 Å². The summed E-state index contributed by atoms with van der Waals surface area (Å²) in [5.74, 6) is -9.73. The molecule has 0 bridgehead atoms. The minimum atomic E-state index is -3.35. The lowest BCUT2D eigenvalue weighted by Gasteiger charge is -2.51. The van der Waals surface area contributed by atoms with Crippen LogP contribution in [0.3, 0.4) is 0 Å². The highest BCUT2D eigenvalue weighted by atomic mass is 16.8. The summed E-state index contributed by atoms with van der Waals surface area (Å²) in [6.45, 7) is -11.3. The van der Waals surface area contributed by atoms with Crippen LogP contribution in [0.25, 0.3) is 0 Å². The fourth-order valence-electron chi connectivity index (χ4n) is 16.9. The summed E-state index contributed by atoms with van der Waals surface area (Å²) in [4.78, 5) is 37.9. The van der Waals surface area contributed by atoms with Gasteiger partial charge in [-0.1, -0.05) is 0 Å². The second-order valence-electron chi connectivity index (χ2n) is 34.0. The maximum Gasteiger partial charge on any atom is 0.364 e. The van der Waals surface area contributed by atoms with E-state index in [-0.39, 0.29) is 0 Å². The van der Waals surface area contributed by atoms with E-state index in [1.54, 1.807) is 0 Å². The summed E-state index contributed by atoms with van der Waals surface area (Å²) in [5.41, 5.74) is 6.43. The Hall–Kier alpha value is -3.91. The molecule has 0 aromatic rings. The highest BCUT2D eigenvalue weighted by Crippen LogP contribution is 2.43. The van der Waals surface area contributed by atoms with Crippen molar-refractivity contribution >= 4 is 17.9 Å². The minimum absolute atomic E-state index is 0.913. The van der Waals surface area contributed by atoms with Crippen molar-refractivity contribution in [2.45, 2.75) is 368 Å². The lowest BCUT2D eigenvalue weighted by molar-refractivity contribution is -0.405. The van der Waals surface area contributed by atoms with Gasteiger partial charge in [0.25, 0.3) is 5.79 Å². The average molecular weight is 2010 g/mol. The molecule has 11 fully saturated rings. The average Bonchev–Trinajstić information content (AvgIpc) is 0.757. The fraction of sp³-hybridized carbons (Fsp3) is 0.958. The van der Waals surface area contributed by atoms with Crippen LogP contribution in [-0.2, 0) is 114 Å². The smallest absolute Gasteiger partial charge is 0.364 e. The van der Waals surface area contributed by atoms with Gasteiger partial charge in [-0.3, -0.25) is 0 Å². The Bertz CT molecular complexity index is 3720. The Kier molecular flexibility index (Phi) is 39.3. The molecule has 0 aliphatic carbocycles. The number of aliphatic hydroxyl groups is 36. The molecule has 0 aromatic heterocycles. The van der Waals surface area contributed by atoms with Crippen LogP contribution < -0.4 is 5.73 Å². The molecule has 64 heteroatoms. The Morgan fingerprint density at radius 3 is 1.13 bits per heavy atom. The lowest BCUT2D eigenvalue weighted by atomic mass is 9.91. The number of hydrogen-bond acceptors (Lipinski definition) is 61. The number of ether oxygens (including phenoxy) is 21. The van der Waals surface area contributed by atoms with Gasteiger partial charge in [0.1, 0.15) is 269 Å². The van der Waals surface area contributed by atoms with Crippen LogP contribution in [0.4, 0.5) is 0 Å². The number of hydrogen-bond donors (Lipinski definition) is 40. The van der Waals surface area contributed by atoms with Crippen LogP contribution >= 0.6 is 0 Å². The Labute approximate surface area is 762 Å². The molecule has 11 rings (SSSR count). The van der Waals surface area contributed by atoms with E-state index in [0.29, 0.717) is 0 Å². The molecule has 11 aliphatic heterocycles. The molecule has 136 heavy (non-hydrogen) atoms. The molecule has 11 saturated heterocycles. The van der Waals surface area contributed by atoms with Gasteiger partial charge in [0, 0.05) is 6.42 Å². The van der Waals surface area contributed by atoms with Crippen molar-refractivity contribution in [1.29, 1.82) is 0 Å². The quantitative estimate of drug-likeness (QED) is 0.0275. The molecule has 790 valence electrons. The third-order valence-electron chi connectivity index (χ3n) is 24.8. The first-order valence-corrected chi connectivity index (χ1v) is 42.2. The van der Waals surface area contributed by atoms with Gasteiger partial charge >= 0.3 is 17.9 Å². The van der Waals surface area contributed by atoms with E-state index >= 15 is 0 Å². The van der Waals surface area contributed by atoms with Gasteiger partial charge in [-0.15, -0.1) is 0 Å². The van der Waals surface area contributed by atoms with Crippen molar-refractivity contribution in [3.8, 4) is 0 Å². The molecule has 41 N–H and O–H groups in total. The lowest BCUT2D eigenvalue weighted by Crippen LogP contribution is -2.70. The maximum atomic E-state index is 13.7. The fourth-order valence-corrected chi connectivity index (χ4v) is 16.9. The number of carboxylic acid groups (broad SMARTS) is 3. The topological polar surface area (TPSA) is 1060 Å². The van der Waals surface area contributed by atoms with Gasteiger partial charge in [-0.05, 0) is 0 Å². The molecule has 0 saturated carbocycles. The highest BCUT2D eigenvalue weighted by Gasteiger charge is 2.65. The summed E-state index contributed by atoms with van der Waals surface area (Å²) in [7, 11) is 0. The van der Waals surface area contributed by atoms with Crippen LogP contribution in [0.15, 0.2) is 0 Å². The monoisotopic (exact) mass is 2010 g/mol.